The van der Waals surface area contributed by atoms with E-state index in [1.807, 2.05) is 49.4 Å². The Balaban J connectivity index is 2.63. The number of hydrogen-bond donors (Lipinski definition) is 1. The molecular formula is C20H24N4O. The van der Waals surface area contributed by atoms with E-state index in [1.165, 1.54) is 0 Å². The summed E-state index contributed by atoms with van der Waals surface area (Å²) in [5.74, 6) is -0.148. The first-order valence-corrected chi connectivity index (χ1v) is 8.25. The number of benzene rings is 1. The molecule has 0 saturated heterocycles. The van der Waals surface area contributed by atoms with Crippen molar-refractivity contribution in [3.8, 4) is 0 Å². The molecule has 2 rings (SSSR count). The molecule has 0 unspecified atom stereocenters. The Kier molecular flexibility index (Phi) is 6.46. The van der Waals surface area contributed by atoms with Gasteiger partial charge in [-0.25, -0.2) is 0 Å². The SMILES string of the molecule is CCN(C)C(=O)C(=NC)/C(=C(\N)C1=CC=NC=CC1)c1ccccc1. The summed E-state index contributed by atoms with van der Waals surface area (Å²) in [6, 6.07) is 9.65. The zero-order valence-electron chi connectivity index (χ0n) is 14.9. The van der Waals surface area contributed by atoms with E-state index in [4.69, 9.17) is 5.73 Å². The third-order valence-corrected chi connectivity index (χ3v) is 4.05. The number of carbonyl (C=O) groups excluding carboxylic acids is 1. The van der Waals surface area contributed by atoms with Gasteiger partial charge in [0, 0.05) is 44.3 Å². The molecule has 1 aromatic rings. The molecule has 0 spiro atoms. The number of nitrogens with zero attached hydrogens (tertiary/aromatic N) is 3. The first-order chi connectivity index (χ1) is 12.1. The van der Waals surface area contributed by atoms with Gasteiger partial charge in [0.05, 0.1) is 0 Å². The van der Waals surface area contributed by atoms with E-state index in [0.717, 1.165) is 11.1 Å². The van der Waals surface area contributed by atoms with E-state index in [9.17, 15) is 4.79 Å². The molecule has 5 nitrogen and oxygen atoms in total. The van der Waals surface area contributed by atoms with E-state index < -0.39 is 0 Å². The van der Waals surface area contributed by atoms with Crippen molar-refractivity contribution >= 4 is 23.4 Å². The van der Waals surface area contributed by atoms with E-state index in [0.29, 0.717) is 29.9 Å². The highest BCUT2D eigenvalue weighted by Gasteiger charge is 2.24. The quantitative estimate of drug-likeness (QED) is 0.840. The second-order valence-electron chi connectivity index (χ2n) is 5.63. The number of rotatable bonds is 5. The van der Waals surface area contributed by atoms with Gasteiger partial charge in [-0.3, -0.25) is 14.8 Å². The molecule has 5 heteroatoms. The summed E-state index contributed by atoms with van der Waals surface area (Å²) in [4.78, 5) is 22.8. The molecular weight excluding hydrogens is 312 g/mol. The van der Waals surface area contributed by atoms with Gasteiger partial charge in [0.2, 0.25) is 0 Å². The minimum Gasteiger partial charge on any atom is -0.398 e. The summed E-state index contributed by atoms with van der Waals surface area (Å²) in [6.45, 7) is 2.52. The molecule has 1 aliphatic rings. The van der Waals surface area contributed by atoms with Crippen molar-refractivity contribution < 1.29 is 4.79 Å². The molecule has 0 bridgehead atoms. The highest BCUT2D eigenvalue weighted by molar-refractivity contribution is 6.56. The number of nitrogens with two attached hydrogens (primary N) is 1. The van der Waals surface area contributed by atoms with Gasteiger partial charge < -0.3 is 10.6 Å². The monoisotopic (exact) mass is 336 g/mol. The molecule has 0 radical (unpaired) electrons. The summed E-state index contributed by atoms with van der Waals surface area (Å²) in [5.41, 5.74) is 9.85. The maximum absolute atomic E-state index is 12.8. The molecule has 130 valence electrons. The second-order valence-corrected chi connectivity index (χ2v) is 5.63. The molecule has 1 aliphatic heterocycles. The lowest BCUT2D eigenvalue weighted by atomic mass is 9.93. The standard InChI is InChI=1S/C20H24N4O/c1-4-24(3)20(25)19(22-2)17(15-9-6-5-7-10-15)18(21)16-11-8-13-23-14-12-16/h5-10,12-14H,4,11,21H2,1-3H3/b18-17-,22-19?. The molecule has 1 amide bonds. The predicted octanol–water partition coefficient (Wildman–Crippen LogP) is 2.82. The highest BCUT2D eigenvalue weighted by atomic mass is 16.2. The van der Waals surface area contributed by atoms with Crippen molar-refractivity contribution in [3.05, 3.63) is 65.5 Å². The van der Waals surface area contributed by atoms with Gasteiger partial charge in [0.1, 0.15) is 5.71 Å². The Bertz CT molecular complexity index is 770. The van der Waals surface area contributed by atoms with E-state index in [-0.39, 0.29) is 5.91 Å². The first kappa shape index (κ1) is 18.4. The van der Waals surface area contributed by atoms with Crippen molar-refractivity contribution in [2.75, 3.05) is 20.6 Å². The molecule has 2 N–H and O–H groups in total. The van der Waals surface area contributed by atoms with E-state index in [1.54, 1.807) is 31.4 Å². The number of aliphatic imine (C=N–C) groups is 2. The van der Waals surface area contributed by atoms with Gasteiger partial charge in [-0.05, 0) is 30.6 Å². The fourth-order valence-electron chi connectivity index (χ4n) is 2.51. The minimum absolute atomic E-state index is 0.148. The number of carbonyl (C=O) groups is 1. The summed E-state index contributed by atoms with van der Waals surface area (Å²) < 4.78 is 0. The van der Waals surface area contributed by atoms with Crippen LogP contribution in [0.2, 0.25) is 0 Å². The highest BCUT2D eigenvalue weighted by Crippen LogP contribution is 2.25. The third-order valence-electron chi connectivity index (χ3n) is 4.05. The molecule has 0 aromatic heterocycles. The van der Waals surface area contributed by atoms with Crippen molar-refractivity contribution in [2.24, 2.45) is 15.7 Å². The Morgan fingerprint density at radius 2 is 2.04 bits per heavy atom. The van der Waals surface area contributed by atoms with Crippen LogP contribution in [0.15, 0.2) is 69.9 Å². The Morgan fingerprint density at radius 3 is 2.68 bits per heavy atom. The lowest BCUT2D eigenvalue weighted by Gasteiger charge is -2.20. The summed E-state index contributed by atoms with van der Waals surface area (Å²) >= 11 is 0. The summed E-state index contributed by atoms with van der Waals surface area (Å²) in [7, 11) is 3.38. The van der Waals surface area contributed by atoms with Crippen LogP contribution in [0.5, 0.6) is 0 Å². The van der Waals surface area contributed by atoms with Crippen molar-refractivity contribution in [1.82, 2.24) is 4.90 Å². The van der Waals surface area contributed by atoms with Gasteiger partial charge in [-0.15, -0.1) is 0 Å². The van der Waals surface area contributed by atoms with Crippen LogP contribution >= 0.6 is 0 Å². The smallest absolute Gasteiger partial charge is 0.272 e. The van der Waals surface area contributed by atoms with Crippen molar-refractivity contribution in [2.45, 2.75) is 13.3 Å². The average molecular weight is 336 g/mol. The van der Waals surface area contributed by atoms with Crippen LogP contribution in [0, 0.1) is 0 Å². The van der Waals surface area contributed by atoms with E-state index >= 15 is 0 Å². The molecule has 1 aromatic carbocycles. The Morgan fingerprint density at radius 1 is 1.32 bits per heavy atom. The normalized spacial score (nSPS) is 15.3. The maximum Gasteiger partial charge on any atom is 0.272 e. The van der Waals surface area contributed by atoms with Crippen LogP contribution in [-0.2, 0) is 4.79 Å². The number of allylic oxidation sites excluding steroid dienone is 3. The van der Waals surface area contributed by atoms with Gasteiger partial charge in [0.15, 0.2) is 0 Å². The lowest BCUT2D eigenvalue weighted by molar-refractivity contribution is -0.122. The van der Waals surface area contributed by atoms with E-state index in [2.05, 4.69) is 9.98 Å². The number of hydrogen-bond acceptors (Lipinski definition) is 4. The molecule has 0 saturated carbocycles. The topological polar surface area (TPSA) is 71.0 Å². The minimum atomic E-state index is -0.148. The zero-order valence-corrected chi connectivity index (χ0v) is 14.9. The van der Waals surface area contributed by atoms with Gasteiger partial charge in [0.25, 0.3) is 5.91 Å². The van der Waals surface area contributed by atoms with Gasteiger partial charge in [-0.1, -0.05) is 36.4 Å². The van der Waals surface area contributed by atoms with Crippen LogP contribution in [0.3, 0.4) is 0 Å². The Labute approximate surface area is 149 Å². The molecule has 0 atom stereocenters. The Hall–Kier alpha value is -2.95. The van der Waals surface area contributed by atoms with Crippen LogP contribution in [0.4, 0.5) is 0 Å². The molecule has 0 fully saturated rings. The fraction of sp³-hybridized carbons (Fsp3) is 0.250. The van der Waals surface area contributed by atoms with Crippen LogP contribution in [-0.4, -0.2) is 43.4 Å². The summed E-state index contributed by atoms with van der Waals surface area (Å²) in [5, 5.41) is 0. The first-order valence-electron chi connectivity index (χ1n) is 8.25. The number of amides is 1. The molecule has 1 heterocycles. The van der Waals surface area contributed by atoms with Crippen molar-refractivity contribution in [1.29, 1.82) is 0 Å². The van der Waals surface area contributed by atoms with Gasteiger partial charge >= 0.3 is 0 Å². The molecule has 0 aliphatic carbocycles. The van der Waals surface area contributed by atoms with Crippen LogP contribution in [0.25, 0.3) is 5.57 Å². The second kappa shape index (κ2) is 8.78. The fourth-order valence-corrected chi connectivity index (χ4v) is 2.51. The lowest BCUT2D eigenvalue weighted by Crippen LogP contribution is -2.34. The maximum atomic E-state index is 12.8. The third kappa shape index (κ3) is 4.32. The zero-order chi connectivity index (χ0) is 18.2. The van der Waals surface area contributed by atoms with Gasteiger partial charge in [-0.2, -0.15) is 0 Å². The predicted molar refractivity (Wildman–Crippen MR) is 105 cm³/mol. The van der Waals surface area contributed by atoms with Crippen LogP contribution < -0.4 is 5.73 Å². The van der Waals surface area contributed by atoms with Crippen LogP contribution in [0.1, 0.15) is 18.9 Å². The summed E-state index contributed by atoms with van der Waals surface area (Å²) in [6.07, 6.45) is 7.91. The average Bonchev–Trinajstić information content (AvgIpc) is 2.94. The largest absolute Gasteiger partial charge is 0.398 e. The molecule has 25 heavy (non-hydrogen) atoms. The van der Waals surface area contributed by atoms with Crippen molar-refractivity contribution in [3.63, 3.8) is 0 Å².